The monoisotopic (exact) mass is 1290 g/mol. The summed E-state index contributed by atoms with van der Waals surface area (Å²) < 4.78 is 33.1. The second kappa shape index (κ2) is 24.0. The first-order chi connectivity index (χ1) is 48.6. The maximum Gasteiger partial charge on any atom is 0.123 e. The zero-order valence-electron chi connectivity index (χ0n) is 54.5. The molecular formula is C92H64F2N4Si. The lowest BCUT2D eigenvalue weighted by atomic mass is 9.91. The number of para-hydroxylation sites is 2. The van der Waals surface area contributed by atoms with Gasteiger partial charge in [0.25, 0.3) is 0 Å². The highest BCUT2D eigenvalue weighted by Crippen LogP contribution is 2.45. The number of halogens is 2. The smallest absolute Gasteiger partial charge is 0.123 e. The average molecular weight is 1290 g/mol. The lowest BCUT2D eigenvalue weighted by molar-refractivity contribution is 0.627. The Hall–Kier alpha value is -12.4. The van der Waals surface area contributed by atoms with Gasteiger partial charge in [-0.2, -0.15) is 0 Å². The van der Waals surface area contributed by atoms with E-state index in [4.69, 9.17) is 0 Å². The lowest BCUT2D eigenvalue weighted by Crippen LogP contribution is -2.53. The number of anilines is 6. The molecule has 4 nitrogen and oxygen atoms in total. The predicted octanol–water partition coefficient (Wildman–Crippen LogP) is 24.2. The first-order valence-electron chi connectivity index (χ1n) is 33.7. The standard InChI is InChI=1S/C92H64F2N4Si/c1-99(2)91-55-33-67(65-29-43-73(44-30-65)95(71-39-25-63(26-40-71)61-15-5-3-6-16-61)77-51-53-89-83(59-77)81-21-11-13-23-87(81)97(89)75-47-35-69(93)36-48-75)57-85(91)79-19-9-10-20-80(79)86-58-68(34-56-92(86)99)66-31-45-74(46-32-66)96(72-41-27-64(28-42-72)62-17-7-4-8-18-62)78-52-54-90-84(60-78)82-22-12-14-24-88(82)98(90)76-49-37-70(94)38-50-76/h3-60H,1-2H3. The molecule has 18 rings (SSSR count). The van der Waals surface area contributed by atoms with Gasteiger partial charge < -0.3 is 18.9 Å². The normalized spacial score (nSPS) is 12.3. The van der Waals surface area contributed by atoms with Crippen molar-refractivity contribution in [3.8, 4) is 78.1 Å². The van der Waals surface area contributed by atoms with Crippen LogP contribution in [0.2, 0.25) is 13.1 Å². The minimum Gasteiger partial charge on any atom is -0.310 e. The van der Waals surface area contributed by atoms with Crippen LogP contribution < -0.4 is 20.2 Å². The molecule has 99 heavy (non-hydrogen) atoms. The molecule has 3 heterocycles. The Balaban J connectivity index is 0.689. The zero-order valence-corrected chi connectivity index (χ0v) is 55.5. The van der Waals surface area contributed by atoms with Gasteiger partial charge in [0.1, 0.15) is 19.7 Å². The van der Waals surface area contributed by atoms with E-state index in [1.54, 1.807) is 0 Å². The van der Waals surface area contributed by atoms with E-state index in [9.17, 15) is 8.78 Å². The van der Waals surface area contributed by atoms with Crippen molar-refractivity contribution in [3.63, 3.8) is 0 Å². The molecule has 1 aliphatic rings. The van der Waals surface area contributed by atoms with Crippen molar-refractivity contribution in [1.29, 1.82) is 0 Å². The van der Waals surface area contributed by atoms with Crippen molar-refractivity contribution in [2.75, 3.05) is 9.80 Å². The minimum atomic E-state index is -2.34. The average Bonchev–Trinajstić information content (AvgIpc) is 1.62. The Labute approximate surface area is 575 Å². The van der Waals surface area contributed by atoms with Gasteiger partial charge in [-0.15, -0.1) is 0 Å². The first-order valence-corrected chi connectivity index (χ1v) is 36.7. The molecule has 15 aromatic carbocycles. The zero-order chi connectivity index (χ0) is 66.3. The Morgan fingerprint density at radius 1 is 0.232 bits per heavy atom. The predicted molar refractivity (Wildman–Crippen MR) is 414 cm³/mol. The molecule has 0 N–H and O–H groups in total. The third-order valence-electron chi connectivity index (χ3n) is 20.3. The number of aromatic nitrogens is 2. The van der Waals surface area contributed by atoms with Gasteiger partial charge in [-0.25, -0.2) is 8.78 Å². The van der Waals surface area contributed by atoms with E-state index in [0.29, 0.717) is 0 Å². The van der Waals surface area contributed by atoms with E-state index in [1.165, 1.54) is 79.1 Å². The van der Waals surface area contributed by atoms with E-state index in [0.717, 1.165) is 111 Å². The molecule has 0 saturated carbocycles. The van der Waals surface area contributed by atoms with E-state index < -0.39 is 8.07 Å². The summed E-state index contributed by atoms with van der Waals surface area (Å²) in [5.74, 6) is -0.516. The number of fused-ring (bicyclic) bond motifs is 11. The van der Waals surface area contributed by atoms with Crippen LogP contribution in [0.25, 0.3) is 122 Å². The summed E-state index contributed by atoms with van der Waals surface area (Å²) in [5.41, 5.74) is 26.6. The highest BCUT2D eigenvalue weighted by Gasteiger charge is 2.36. The van der Waals surface area contributed by atoms with Crippen molar-refractivity contribution in [1.82, 2.24) is 9.13 Å². The van der Waals surface area contributed by atoms with Crippen molar-refractivity contribution >= 4 is 96.2 Å². The SMILES string of the molecule is C[Si]1(C)c2ccc(-c3ccc(N(c4ccc(-c5ccccc5)cc4)c4ccc5c(c4)c4ccccc4n5-c4ccc(F)cc4)cc3)cc2-c2ccccc2-c2cc(-c3ccc(N(c4ccc(-c5ccccc5)cc4)c4ccc5c(c4)c4ccccc4n5-c4ccc(F)cc4)cc3)ccc21. The second-order valence-electron chi connectivity index (χ2n) is 26.3. The summed E-state index contributed by atoms with van der Waals surface area (Å²) in [5, 5.41) is 7.32. The van der Waals surface area contributed by atoms with Crippen LogP contribution in [-0.2, 0) is 0 Å². The summed E-state index contributed by atoms with van der Waals surface area (Å²) >= 11 is 0. The van der Waals surface area contributed by atoms with Crippen LogP contribution in [0.3, 0.4) is 0 Å². The third-order valence-corrected chi connectivity index (χ3v) is 23.8. The van der Waals surface area contributed by atoms with Crippen LogP contribution >= 0.6 is 0 Å². The van der Waals surface area contributed by atoms with Crippen molar-refractivity contribution in [2.45, 2.75) is 13.1 Å². The summed E-state index contributed by atoms with van der Waals surface area (Å²) in [6, 6.07) is 124. The summed E-state index contributed by atoms with van der Waals surface area (Å²) in [6.07, 6.45) is 0. The number of nitrogens with zero attached hydrogens (tertiary/aromatic N) is 4. The van der Waals surface area contributed by atoms with Gasteiger partial charge in [0.2, 0.25) is 0 Å². The van der Waals surface area contributed by atoms with Gasteiger partial charge in [-0.05, 0) is 235 Å². The van der Waals surface area contributed by atoms with Crippen LogP contribution in [-0.4, -0.2) is 17.2 Å². The molecule has 470 valence electrons. The molecule has 0 fully saturated rings. The quantitative estimate of drug-likeness (QED) is 0.113. The third kappa shape index (κ3) is 10.3. The molecule has 0 radical (unpaired) electrons. The topological polar surface area (TPSA) is 16.3 Å². The van der Waals surface area contributed by atoms with Crippen LogP contribution in [0, 0.1) is 11.6 Å². The van der Waals surface area contributed by atoms with Gasteiger partial charge >= 0.3 is 0 Å². The molecule has 17 aromatic rings. The van der Waals surface area contributed by atoms with Gasteiger partial charge in [-0.3, -0.25) is 0 Å². The minimum absolute atomic E-state index is 0.258. The molecular weight excluding hydrogens is 1230 g/mol. The fourth-order valence-electron chi connectivity index (χ4n) is 15.4. The summed E-state index contributed by atoms with van der Waals surface area (Å²) in [6.45, 7) is 5.02. The van der Waals surface area contributed by atoms with Crippen LogP contribution in [0.4, 0.5) is 42.9 Å². The maximum absolute atomic E-state index is 14.3. The van der Waals surface area contributed by atoms with Gasteiger partial charge in [-0.1, -0.05) is 207 Å². The van der Waals surface area contributed by atoms with Crippen LogP contribution in [0.1, 0.15) is 0 Å². The Bertz CT molecular complexity index is 5560. The van der Waals surface area contributed by atoms with E-state index in [-0.39, 0.29) is 11.6 Å². The van der Waals surface area contributed by atoms with Gasteiger partial charge in [0, 0.05) is 67.0 Å². The van der Waals surface area contributed by atoms with E-state index in [1.807, 2.05) is 24.3 Å². The van der Waals surface area contributed by atoms with Crippen LogP contribution in [0.15, 0.2) is 352 Å². The Morgan fingerprint density at radius 2 is 0.525 bits per heavy atom. The Morgan fingerprint density at radius 3 is 0.899 bits per heavy atom. The van der Waals surface area contributed by atoms with Crippen molar-refractivity contribution < 1.29 is 8.78 Å². The van der Waals surface area contributed by atoms with Gasteiger partial charge in [0.15, 0.2) is 0 Å². The van der Waals surface area contributed by atoms with Crippen molar-refractivity contribution in [2.24, 2.45) is 0 Å². The molecule has 0 amide bonds. The molecule has 7 heteroatoms. The summed E-state index contributed by atoms with van der Waals surface area (Å²) in [7, 11) is -2.34. The van der Waals surface area contributed by atoms with Crippen molar-refractivity contribution in [3.05, 3.63) is 363 Å². The fourth-order valence-corrected chi connectivity index (χ4v) is 18.4. The largest absolute Gasteiger partial charge is 0.310 e. The lowest BCUT2D eigenvalue weighted by Gasteiger charge is -2.27. The fraction of sp³-hybridized carbons (Fsp3) is 0.0217. The number of rotatable bonds is 12. The Kier molecular flexibility index (Phi) is 14.4. The molecule has 0 saturated heterocycles. The first kappa shape index (κ1) is 59.1. The number of hydrogen-bond acceptors (Lipinski definition) is 2. The van der Waals surface area contributed by atoms with E-state index in [2.05, 4.69) is 335 Å². The molecule has 0 unspecified atom stereocenters. The van der Waals surface area contributed by atoms with Gasteiger partial charge in [0.05, 0.1) is 22.1 Å². The second-order valence-corrected chi connectivity index (χ2v) is 30.7. The molecule has 2 aromatic heterocycles. The maximum atomic E-state index is 14.3. The van der Waals surface area contributed by atoms with Crippen LogP contribution in [0.5, 0.6) is 0 Å². The molecule has 0 aliphatic carbocycles. The highest BCUT2D eigenvalue weighted by atomic mass is 28.3. The number of benzene rings is 15. The highest BCUT2D eigenvalue weighted by molar-refractivity contribution is 7.02. The number of hydrogen-bond donors (Lipinski definition) is 0. The summed E-state index contributed by atoms with van der Waals surface area (Å²) in [4.78, 5) is 4.70. The molecule has 0 atom stereocenters. The molecule has 1 aliphatic heterocycles. The molecule has 0 spiro atoms. The molecule has 0 bridgehead atoms. The van der Waals surface area contributed by atoms with E-state index >= 15 is 0 Å².